The number of nitrogens with zero attached hydrogens (tertiary/aromatic N) is 5. The van der Waals surface area contributed by atoms with E-state index >= 15 is 0 Å². The average molecular weight is 314 g/mol. The van der Waals surface area contributed by atoms with Gasteiger partial charge >= 0.3 is 0 Å². The van der Waals surface area contributed by atoms with Gasteiger partial charge in [-0.1, -0.05) is 17.3 Å². The molecule has 0 bridgehead atoms. The fourth-order valence-corrected chi connectivity index (χ4v) is 2.10. The first-order valence-corrected chi connectivity index (χ1v) is 7.22. The van der Waals surface area contributed by atoms with Crippen molar-refractivity contribution >= 4 is 5.95 Å². The molecule has 0 amide bonds. The molecule has 0 fully saturated rings. The third kappa shape index (κ3) is 3.85. The molecule has 0 radical (unpaired) electrons. The van der Waals surface area contributed by atoms with Crippen LogP contribution < -0.4 is 10.1 Å². The van der Waals surface area contributed by atoms with Crippen molar-refractivity contribution in [3.8, 4) is 5.75 Å². The molecular weight excluding hydrogens is 296 g/mol. The van der Waals surface area contributed by atoms with E-state index in [1.54, 1.807) is 11.6 Å². The lowest BCUT2D eigenvalue weighted by Crippen LogP contribution is -2.05. The first-order valence-electron chi connectivity index (χ1n) is 7.22. The third-order valence-electron chi connectivity index (χ3n) is 3.18. The average Bonchev–Trinajstić information content (AvgIpc) is 3.09. The van der Waals surface area contributed by atoms with Crippen LogP contribution in [0.4, 0.5) is 5.95 Å². The maximum absolute atomic E-state index is 5.61. The Bertz CT molecular complexity index is 778. The van der Waals surface area contributed by atoms with Gasteiger partial charge in [0.25, 0.3) is 0 Å². The van der Waals surface area contributed by atoms with E-state index in [2.05, 4.69) is 25.5 Å². The molecular formula is C15H18N6O2. The zero-order chi connectivity index (χ0) is 16.2. The first kappa shape index (κ1) is 15.0. The largest absolute Gasteiger partial charge is 0.485 e. The molecule has 0 saturated carbocycles. The highest BCUT2D eigenvalue weighted by Crippen LogP contribution is 2.14. The number of hydrogen-bond donors (Lipinski definition) is 1. The van der Waals surface area contributed by atoms with Crippen LogP contribution in [-0.2, 0) is 20.2 Å². The SMILES string of the molecule is Cc1nc(NCc2ccc(OCc3noc(C)n3)cc2)n(C)n1. The number of hydrogen-bond acceptors (Lipinski definition) is 7. The van der Waals surface area contributed by atoms with Gasteiger partial charge in [0.1, 0.15) is 11.6 Å². The number of nitrogens with one attached hydrogen (secondary N) is 1. The quantitative estimate of drug-likeness (QED) is 0.744. The van der Waals surface area contributed by atoms with Crippen molar-refractivity contribution in [2.75, 3.05) is 5.32 Å². The molecule has 2 aromatic heterocycles. The molecule has 8 heteroatoms. The number of aromatic nitrogens is 5. The van der Waals surface area contributed by atoms with Crippen molar-refractivity contribution in [3.63, 3.8) is 0 Å². The van der Waals surface area contributed by atoms with Gasteiger partial charge in [-0.15, -0.1) is 0 Å². The van der Waals surface area contributed by atoms with Crippen LogP contribution in [0.25, 0.3) is 0 Å². The number of benzene rings is 1. The van der Waals surface area contributed by atoms with E-state index in [0.29, 0.717) is 18.3 Å². The fourth-order valence-electron chi connectivity index (χ4n) is 2.10. The molecule has 0 aliphatic rings. The number of rotatable bonds is 6. The summed E-state index contributed by atoms with van der Waals surface area (Å²) in [6, 6.07) is 7.80. The van der Waals surface area contributed by atoms with Gasteiger partial charge in [-0.25, -0.2) is 4.68 Å². The molecule has 0 spiro atoms. The van der Waals surface area contributed by atoms with Crippen LogP contribution in [0, 0.1) is 13.8 Å². The van der Waals surface area contributed by atoms with Crippen molar-refractivity contribution in [2.45, 2.75) is 27.0 Å². The van der Waals surface area contributed by atoms with Crippen LogP contribution in [0.3, 0.4) is 0 Å². The van der Waals surface area contributed by atoms with Crippen LogP contribution in [0.2, 0.25) is 0 Å². The van der Waals surface area contributed by atoms with Crippen LogP contribution in [0.1, 0.15) is 23.1 Å². The molecule has 0 unspecified atom stereocenters. The Hall–Kier alpha value is -2.90. The van der Waals surface area contributed by atoms with E-state index in [9.17, 15) is 0 Å². The second-order valence-corrected chi connectivity index (χ2v) is 5.12. The lowest BCUT2D eigenvalue weighted by atomic mass is 10.2. The summed E-state index contributed by atoms with van der Waals surface area (Å²) < 4.78 is 12.2. The van der Waals surface area contributed by atoms with Gasteiger partial charge in [0.05, 0.1) is 0 Å². The first-order chi connectivity index (χ1) is 11.1. The fraction of sp³-hybridized carbons (Fsp3) is 0.333. The maximum Gasteiger partial charge on any atom is 0.223 e. The van der Waals surface area contributed by atoms with Crippen molar-refractivity contribution in [1.82, 2.24) is 24.9 Å². The topological polar surface area (TPSA) is 90.9 Å². The van der Waals surface area contributed by atoms with E-state index < -0.39 is 0 Å². The summed E-state index contributed by atoms with van der Waals surface area (Å²) >= 11 is 0. The molecule has 1 aromatic carbocycles. The second-order valence-electron chi connectivity index (χ2n) is 5.12. The monoisotopic (exact) mass is 314 g/mol. The number of aryl methyl sites for hydroxylation is 3. The summed E-state index contributed by atoms with van der Waals surface area (Å²) in [7, 11) is 1.86. The minimum Gasteiger partial charge on any atom is -0.485 e. The molecule has 0 aliphatic carbocycles. The van der Waals surface area contributed by atoms with Crippen LogP contribution >= 0.6 is 0 Å². The molecule has 1 N–H and O–H groups in total. The van der Waals surface area contributed by atoms with Crippen LogP contribution in [0.5, 0.6) is 5.75 Å². The predicted octanol–water partition coefficient (Wildman–Crippen LogP) is 2.01. The molecule has 8 nitrogen and oxygen atoms in total. The maximum atomic E-state index is 5.61. The Labute approximate surface area is 133 Å². The summed E-state index contributed by atoms with van der Waals surface area (Å²) in [6.07, 6.45) is 0. The van der Waals surface area contributed by atoms with Crippen LogP contribution in [-0.4, -0.2) is 24.9 Å². The highest BCUT2D eigenvalue weighted by atomic mass is 16.5. The van der Waals surface area contributed by atoms with E-state index in [1.807, 2.05) is 38.2 Å². The second kappa shape index (κ2) is 6.47. The summed E-state index contributed by atoms with van der Waals surface area (Å²) in [5, 5.41) is 11.2. The molecule has 120 valence electrons. The normalized spacial score (nSPS) is 10.7. The lowest BCUT2D eigenvalue weighted by molar-refractivity contribution is 0.285. The Morgan fingerprint density at radius 3 is 2.57 bits per heavy atom. The highest BCUT2D eigenvalue weighted by Gasteiger charge is 2.05. The van der Waals surface area contributed by atoms with Gasteiger partial charge in [-0.2, -0.15) is 15.1 Å². The number of ether oxygens (including phenoxy) is 1. The van der Waals surface area contributed by atoms with E-state index in [1.165, 1.54) is 0 Å². The lowest BCUT2D eigenvalue weighted by Gasteiger charge is -2.07. The minimum atomic E-state index is 0.285. The molecule has 0 aliphatic heterocycles. The summed E-state index contributed by atoms with van der Waals surface area (Å²) in [5.41, 5.74) is 1.12. The van der Waals surface area contributed by atoms with E-state index in [-0.39, 0.29) is 6.61 Å². The molecule has 3 rings (SSSR count). The van der Waals surface area contributed by atoms with Gasteiger partial charge in [-0.3, -0.25) is 0 Å². The Kier molecular flexibility index (Phi) is 4.22. The van der Waals surface area contributed by atoms with Gasteiger partial charge < -0.3 is 14.6 Å². The zero-order valence-electron chi connectivity index (χ0n) is 13.3. The predicted molar refractivity (Wildman–Crippen MR) is 82.9 cm³/mol. The van der Waals surface area contributed by atoms with Crippen molar-refractivity contribution in [2.24, 2.45) is 7.05 Å². The van der Waals surface area contributed by atoms with Crippen molar-refractivity contribution in [1.29, 1.82) is 0 Å². The van der Waals surface area contributed by atoms with Crippen LogP contribution in [0.15, 0.2) is 28.8 Å². The molecule has 3 aromatic rings. The molecule has 23 heavy (non-hydrogen) atoms. The Morgan fingerprint density at radius 2 is 1.96 bits per heavy atom. The minimum absolute atomic E-state index is 0.285. The van der Waals surface area contributed by atoms with E-state index in [4.69, 9.17) is 9.26 Å². The molecule has 0 saturated heterocycles. The van der Waals surface area contributed by atoms with Gasteiger partial charge in [0.15, 0.2) is 6.61 Å². The molecule has 0 atom stereocenters. The summed E-state index contributed by atoms with van der Waals surface area (Å²) in [6.45, 7) is 4.56. The van der Waals surface area contributed by atoms with Crippen molar-refractivity contribution < 1.29 is 9.26 Å². The summed E-state index contributed by atoms with van der Waals surface area (Å²) in [4.78, 5) is 8.39. The Balaban J connectivity index is 1.53. The molecule has 2 heterocycles. The summed E-state index contributed by atoms with van der Waals surface area (Å²) in [5.74, 6) is 3.31. The van der Waals surface area contributed by atoms with Crippen molar-refractivity contribution in [3.05, 3.63) is 47.4 Å². The highest BCUT2D eigenvalue weighted by molar-refractivity contribution is 5.31. The van der Waals surface area contributed by atoms with Gasteiger partial charge in [0.2, 0.25) is 17.7 Å². The van der Waals surface area contributed by atoms with E-state index in [0.717, 1.165) is 23.1 Å². The zero-order valence-corrected chi connectivity index (χ0v) is 13.3. The van der Waals surface area contributed by atoms with Gasteiger partial charge in [-0.05, 0) is 24.6 Å². The van der Waals surface area contributed by atoms with Gasteiger partial charge in [0, 0.05) is 20.5 Å². The smallest absolute Gasteiger partial charge is 0.223 e. The number of anilines is 1. The third-order valence-corrected chi connectivity index (χ3v) is 3.18. The Morgan fingerprint density at radius 1 is 1.17 bits per heavy atom. The standard InChI is InChI=1S/C15H18N6O2/c1-10-17-15(21(3)19-10)16-8-12-4-6-13(7-5-12)22-9-14-18-11(2)23-20-14/h4-7H,8-9H2,1-3H3,(H,16,17,19).